The maximum absolute atomic E-state index is 12.1. The molecule has 3 N–H and O–H groups in total. The molecule has 0 spiro atoms. The molecule has 4 bridgehead atoms. The topological polar surface area (TPSA) is 90.6 Å². The number of carbonyl (C=O) groups excluding carboxylic acids is 1. The van der Waals surface area contributed by atoms with Crippen molar-refractivity contribution < 1.29 is 4.79 Å². The summed E-state index contributed by atoms with van der Waals surface area (Å²) < 4.78 is 0. The number of nitrogens with zero attached hydrogens (tertiary/aromatic N) is 1. The van der Waals surface area contributed by atoms with Gasteiger partial charge in [-0.15, -0.1) is 5.10 Å². The summed E-state index contributed by atoms with van der Waals surface area (Å²) in [6.07, 6.45) is 8.32. The normalized spacial score (nSPS) is 32.7. The number of benzene rings is 1. The summed E-state index contributed by atoms with van der Waals surface area (Å²) in [5, 5.41) is 8.63. The molecule has 4 aliphatic rings. The molecule has 0 aliphatic heterocycles. The number of rotatable bonds is 3. The minimum atomic E-state index is -0.484. The average Bonchev–Trinajstić information content (AvgIpc) is 3.01. The van der Waals surface area contributed by atoms with Gasteiger partial charge in [0, 0.05) is 5.69 Å². The van der Waals surface area contributed by atoms with Crippen molar-refractivity contribution in [1.82, 2.24) is 15.2 Å². The number of aromatic nitrogens is 3. The minimum absolute atomic E-state index is 0.00448. The molecule has 0 atom stereocenters. The Morgan fingerprint density at radius 1 is 1.04 bits per heavy atom. The molecule has 0 radical (unpaired) electrons. The van der Waals surface area contributed by atoms with E-state index in [1.54, 1.807) is 0 Å². The van der Waals surface area contributed by atoms with E-state index < -0.39 is 11.6 Å². The van der Waals surface area contributed by atoms with Crippen LogP contribution in [0.15, 0.2) is 29.1 Å². The minimum Gasteiger partial charge on any atom is -0.319 e. The number of aromatic amines is 2. The number of amides is 1. The Balaban J connectivity index is 1.35. The van der Waals surface area contributed by atoms with E-state index >= 15 is 0 Å². The number of hydrogen-bond donors (Lipinski definition) is 3. The maximum atomic E-state index is 12.1. The van der Waals surface area contributed by atoms with Gasteiger partial charge in [0.15, 0.2) is 0 Å². The quantitative estimate of drug-likeness (QED) is 0.804. The number of carbonyl (C=O) groups is 1. The molecule has 1 amide bonds. The molecule has 1 aromatic heterocycles. The molecule has 1 heterocycles. The van der Waals surface area contributed by atoms with E-state index in [1.165, 1.54) is 44.1 Å². The highest BCUT2D eigenvalue weighted by Gasteiger charge is 2.51. The summed E-state index contributed by atoms with van der Waals surface area (Å²) in [5.41, 5.74) is 2.03. The second kappa shape index (κ2) is 5.31. The van der Waals surface area contributed by atoms with Gasteiger partial charge in [-0.05, 0) is 79.4 Å². The van der Waals surface area contributed by atoms with Crippen molar-refractivity contribution in [3.05, 3.63) is 46.1 Å². The maximum Gasteiger partial charge on any atom is 0.341 e. The lowest BCUT2D eigenvalue weighted by Gasteiger charge is -2.57. The molecule has 4 aliphatic carbocycles. The lowest BCUT2D eigenvalue weighted by Crippen LogP contribution is -2.48. The van der Waals surface area contributed by atoms with Gasteiger partial charge in [0.1, 0.15) is 0 Å². The van der Waals surface area contributed by atoms with Crippen LogP contribution in [0.25, 0.3) is 0 Å². The molecule has 130 valence electrons. The summed E-state index contributed by atoms with van der Waals surface area (Å²) in [7, 11) is 0. The first kappa shape index (κ1) is 14.9. The molecule has 6 heteroatoms. The Morgan fingerprint density at radius 3 is 2.16 bits per heavy atom. The fourth-order valence-electron chi connectivity index (χ4n) is 5.94. The Morgan fingerprint density at radius 2 is 1.64 bits per heavy atom. The van der Waals surface area contributed by atoms with E-state index in [-0.39, 0.29) is 5.82 Å². The predicted molar refractivity (Wildman–Crippen MR) is 93.5 cm³/mol. The van der Waals surface area contributed by atoms with Crippen LogP contribution in [0, 0.1) is 17.8 Å². The van der Waals surface area contributed by atoms with Crippen molar-refractivity contribution >= 4 is 11.6 Å². The van der Waals surface area contributed by atoms with E-state index in [9.17, 15) is 9.59 Å². The first-order chi connectivity index (χ1) is 12.1. The third kappa shape index (κ3) is 2.51. The molecule has 0 saturated heterocycles. The summed E-state index contributed by atoms with van der Waals surface area (Å²) in [6, 6.07) is 8.29. The van der Waals surface area contributed by atoms with Crippen molar-refractivity contribution in [1.29, 1.82) is 0 Å². The standard InChI is InChI=1S/C19H22N4O2/c24-17(16-21-18(25)23-22-16)20-15-3-1-14(2-4-15)19-8-11-5-12(9-19)7-13(6-11)10-19/h1-4,11-13H,5-10H2,(H,20,24)(H2,21,22,23,25). The van der Waals surface area contributed by atoms with Crippen LogP contribution in [-0.4, -0.2) is 21.1 Å². The number of nitrogens with one attached hydrogen (secondary N) is 3. The molecule has 4 fully saturated rings. The van der Waals surface area contributed by atoms with Crippen molar-refractivity contribution in [2.24, 2.45) is 17.8 Å². The smallest absolute Gasteiger partial charge is 0.319 e. The highest BCUT2D eigenvalue weighted by atomic mass is 16.2. The monoisotopic (exact) mass is 338 g/mol. The first-order valence-corrected chi connectivity index (χ1v) is 9.16. The number of H-pyrrole nitrogens is 2. The van der Waals surface area contributed by atoms with Gasteiger partial charge in [0.05, 0.1) is 0 Å². The summed E-state index contributed by atoms with van der Waals surface area (Å²) >= 11 is 0. The van der Waals surface area contributed by atoms with Crippen molar-refractivity contribution in [3.8, 4) is 0 Å². The average molecular weight is 338 g/mol. The molecule has 4 saturated carbocycles. The third-order valence-corrected chi connectivity index (χ3v) is 6.51. The molecule has 0 unspecified atom stereocenters. The molecule has 25 heavy (non-hydrogen) atoms. The lowest BCUT2D eigenvalue weighted by atomic mass is 9.48. The highest BCUT2D eigenvalue weighted by Crippen LogP contribution is 2.60. The SMILES string of the molecule is O=C(Nc1ccc(C23CC4CC(CC(C4)C2)C3)cc1)c1n[nH]c(=O)[nH]1. The summed E-state index contributed by atoms with van der Waals surface area (Å²) in [4.78, 5) is 25.5. The molecular weight excluding hydrogens is 316 g/mol. The van der Waals surface area contributed by atoms with Crippen LogP contribution in [-0.2, 0) is 5.41 Å². The van der Waals surface area contributed by atoms with Crippen molar-refractivity contribution in [3.63, 3.8) is 0 Å². The Bertz CT molecular complexity index is 829. The first-order valence-electron chi connectivity index (χ1n) is 9.16. The second-order valence-corrected chi connectivity index (χ2v) is 8.26. The van der Waals surface area contributed by atoms with E-state index in [0.29, 0.717) is 5.41 Å². The van der Waals surface area contributed by atoms with Crippen molar-refractivity contribution in [2.45, 2.75) is 43.9 Å². The van der Waals surface area contributed by atoms with Gasteiger partial charge in [-0.3, -0.25) is 9.78 Å². The van der Waals surface area contributed by atoms with Crippen LogP contribution < -0.4 is 11.0 Å². The zero-order valence-corrected chi connectivity index (χ0v) is 14.0. The van der Waals surface area contributed by atoms with Gasteiger partial charge in [0.2, 0.25) is 5.82 Å². The van der Waals surface area contributed by atoms with Crippen LogP contribution in [0.4, 0.5) is 5.69 Å². The van der Waals surface area contributed by atoms with Gasteiger partial charge in [-0.25, -0.2) is 9.89 Å². The fraction of sp³-hybridized carbons (Fsp3) is 0.526. The lowest BCUT2D eigenvalue weighted by molar-refractivity contribution is -0.00518. The molecule has 2 aromatic rings. The van der Waals surface area contributed by atoms with Crippen molar-refractivity contribution in [2.75, 3.05) is 5.32 Å². The van der Waals surface area contributed by atoms with Gasteiger partial charge in [-0.1, -0.05) is 12.1 Å². The Kier molecular flexibility index (Phi) is 3.17. The Hall–Kier alpha value is -2.37. The second-order valence-electron chi connectivity index (χ2n) is 8.26. The number of hydrogen-bond acceptors (Lipinski definition) is 3. The van der Waals surface area contributed by atoms with Crippen LogP contribution in [0.5, 0.6) is 0 Å². The van der Waals surface area contributed by atoms with Crippen LogP contribution in [0.2, 0.25) is 0 Å². The highest BCUT2D eigenvalue weighted by molar-refractivity contribution is 6.01. The zero-order chi connectivity index (χ0) is 17.0. The largest absolute Gasteiger partial charge is 0.341 e. The van der Waals surface area contributed by atoms with E-state index in [4.69, 9.17) is 0 Å². The van der Waals surface area contributed by atoms with Gasteiger partial charge >= 0.3 is 5.69 Å². The van der Waals surface area contributed by atoms with E-state index in [1.807, 2.05) is 12.1 Å². The molecule has 1 aromatic carbocycles. The van der Waals surface area contributed by atoms with E-state index in [2.05, 4.69) is 32.6 Å². The van der Waals surface area contributed by atoms with Crippen LogP contribution in [0.3, 0.4) is 0 Å². The molecule has 6 rings (SSSR count). The third-order valence-electron chi connectivity index (χ3n) is 6.51. The van der Waals surface area contributed by atoms with Gasteiger partial charge < -0.3 is 5.32 Å². The summed E-state index contributed by atoms with van der Waals surface area (Å²) in [5.74, 6) is 2.34. The summed E-state index contributed by atoms with van der Waals surface area (Å²) in [6.45, 7) is 0. The predicted octanol–water partition coefficient (Wildman–Crippen LogP) is 2.82. The van der Waals surface area contributed by atoms with Gasteiger partial charge in [-0.2, -0.15) is 0 Å². The zero-order valence-electron chi connectivity index (χ0n) is 14.0. The Labute approximate surface area is 145 Å². The van der Waals surface area contributed by atoms with Gasteiger partial charge in [0.25, 0.3) is 5.91 Å². The molecule has 6 nitrogen and oxygen atoms in total. The van der Waals surface area contributed by atoms with E-state index in [0.717, 1.165) is 23.4 Å². The van der Waals surface area contributed by atoms with Crippen LogP contribution in [0.1, 0.15) is 54.7 Å². The number of anilines is 1. The van der Waals surface area contributed by atoms with Crippen LogP contribution >= 0.6 is 0 Å². The fourth-order valence-corrected chi connectivity index (χ4v) is 5.94. The molecular formula is C19H22N4O2.